The molecule has 1 unspecified atom stereocenters. The monoisotopic (exact) mass is 353 g/mol. The second-order valence-corrected chi connectivity index (χ2v) is 5.31. The van der Waals surface area contributed by atoms with Gasteiger partial charge in [0.1, 0.15) is 0 Å². The van der Waals surface area contributed by atoms with Crippen LogP contribution in [0.15, 0.2) is 53.3 Å². The minimum absolute atomic E-state index is 0.170. The topological polar surface area (TPSA) is 104 Å². The molecule has 1 atom stereocenters. The third-order valence-corrected chi connectivity index (χ3v) is 3.53. The van der Waals surface area contributed by atoms with E-state index < -0.39 is 18.0 Å². The Morgan fingerprint density at radius 2 is 1.77 bits per heavy atom. The number of carbonyl (C=O) groups excluding carboxylic acids is 2. The van der Waals surface area contributed by atoms with Gasteiger partial charge in [0, 0.05) is 18.0 Å². The summed E-state index contributed by atoms with van der Waals surface area (Å²) in [5.41, 5.74) is 1.33. The Morgan fingerprint density at radius 1 is 1.08 bits per heavy atom. The zero-order valence-electron chi connectivity index (χ0n) is 14.1. The smallest absolute Gasteiger partial charge is 0.338 e. The third kappa shape index (κ3) is 3.75. The highest BCUT2D eigenvalue weighted by molar-refractivity contribution is 5.93. The van der Waals surface area contributed by atoms with Gasteiger partial charge in [0.2, 0.25) is 5.82 Å². The van der Waals surface area contributed by atoms with Crippen LogP contribution >= 0.6 is 0 Å². The normalized spacial score (nSPS) is 11.6. The van der Waals surface area contributed by atoms with Gasteiger partial charge in [-0.05, 0) is 43.3 Å². The lowest BCUT2D eigenvalue weighted by atomic mass is 10.1. The zero-order chi connectivity index (χ0) is 18.5. The van der Waals surface area contributed by atoms with Gasteiger partial charge in [0.25, 0.3) is 5.89 Å². The van der Waals surface area contributed by atoms with E-state index >= 15 is 0 Å². The fourth-order valence-electron chi connectivity index (χ4n) is 2.15. The Kier molecular flexibility index (Phi) is 5.02. The summed E-state index contributed by atoms with van der Waals surface area (Å²) >= 11 is 0. The zero-order valence-corrected chi connectivity index (χ0v) is 14.1. The number of aromatic nitrogens is 3. The summed E-state index contributed by atoms with van der Waals surface area (Å²) in [5, 5.41) is 3.86. The molecular formula is C18H15N3O5. The molecule has 8 heteroatoms. The van der Waals surface area contributed by atoms with E-state index in [0.29, 0.717) is 17.0 Å². The average molecular weight is 353 g/mol. The van der Waals surface area contributed by atoms with Crippen molar-refractivity contribution in [2.75, 3.05) is 7.11 Å². The highest BCUT2D eigenvalue weighted by Crippen LogP contribution is 2.21. The van der Waals surface area contributed by atoms with Gasteiger partial charge in [-0.3, -0.25) is 4.98 Å². The molecule has 0 aliphatic heterocycles. The first kappa shape index (κ1) is 17.3. The van der Waals surface area contributed by atoms with Gasteiger partial charge in [-0.2, -0.15) is 4.98 Å². The number of hydrogen-bond donors (Lipinski definition) is 0. The molecule has 2 aromatic heterocycles. The average Bonchev–Trinajstić information content (AvgIpc) is 3.18. The highest BCUT2D eigenvalue weighted by Gasteiger charge is 2.20. The maximum absolute atomic E-state index is 12.2. The van der Waals surface area contributed by atoms with Gasteiger partial charge < -0.3 is 14.0 Å². The predicted octanol–water partition coefficient (Wildman–Crippen LogP) is 2.84. The van der Waals surface area contributed by atoms with E-state index in [9.17, 15) is 9.59 Å². The summed E-state index contributed by atoms with van der Waals surface area (Å²) in [6, 6.07) is 9.49. The van der Waals surface area contributed by atoms with E-state index in [-0.39, 0.29) is 11.5 Å². The Balaban J connectivity index is 1.68. The second kappa shape index (κ2) is 7.56. The van der Waals surface area contributed by atoms with Gasteiger partial charge in [-0.15, -0.1) is 0 Å². The highest BCUT2D eigenvalue weighted by atomic mass is 16.6. The third-order valence-electron chi connectivity index (χ3n) is 3.53. The number of methoxy groups -OCH3 is 1. The molecule has 8 nitrogen and oxygen atoms in total. The lowest BCUT2D eigenvalue weighted by molar-refractivity contribution is 0.0265. The Labute approximate surface area is 148 Å². The fourth-order valence-corrected chi connectivity index (χ4v) is 2.15. The molecule has 3 aromatic rings. The summed E-state index contributed by atoms with van der Waals surface area (Å²) in [4.78, 5) is 31.8. The first-order chi connectivity index (χ1) is 12.6. The lowest BCUT2D eigenvalue weighted by Crippen LogP contribution is -2.10. The number of nitrogens with zero attached hydrogens (tertiary/aromatic N) is 3. The van der Waals surface area contributed by atoms with Gasteiger partial charge in [-0.25, -0.2) is 9.59 Å². The SMILES string of the molecule is COC(=O)c1ccc(C(=O)OC(C)c2nc(-c3cccnc3)no2)cc1. The van der Waals surface area contributed by atoms with Crippen molar-refractivity contribution in [1.82, 2.24) is 15.1 Å². The van der Waals surface area contributed by atoms with Crippen LogP contribution < -0.4 is 0 Å². The number of rotatable bonds is 5. The lowest BCUT2D eigenvalue weighted by Gasteiger charge is -2.09. The van der Waals surface area contributed by atoms with E-state index in [1.807, 2.05) is 0 Å². The quantitative estimate of drug-likeness (QED) is 0.645. The molecular weight excluding hydrogens is 338 g/mol. The molecule has 3 rings (SSSR count). The summed E-state index contributed by atoms with van der Waals surface area (Å²) < 4.78 is 15.1. The van der Waals surface area contributed by atoms with E-state index in [0.717, 1.165) is 0 Å². The van der Waals surface area contributed by atoms with Crippen LogP contribution in [0.4, 0.5) is 0 Å². The minimum Gasteiger partial charge on any atom is -0.465 e. The van der Waals surface area contributed by atoms with Crippen molar-refractivity contribution < 1.29 is 23.6 Å². The Bertz CT molecular complexity index is 906. The molecule has 0 aliphatic carbocycles. The van der Waals surface area contributed by atoms with Crippen LogP contribution in [0.1, 0.15) is 39.6 Å². The largest absolute Gasteiger partial charge is 0.465 e. The van der Waals surface area contributed by atoms with Crippen LogP contribution in [-0.4, -0.2) is 34.2 Å². The van der Waals surface area contributed by atoms with Gasteiger partial charge in [-0.1, -0.05) is 5.16 Å². The molecule has 2 heterocycles. The molecule has 1 aromatic carbocycles. The molecule has 0 aliphatic rings. The summed E-state index contributed by atoms with van der Waals surface area (Å²) in [6.45, 7) is 1.63. The number of pyridine rings is 1. The van der Waals surface area contributed by atoms with E-state index in [2.05, 4.69) is 19.9 Å². The van der Waals surface area contributed by atoms with Crippen molar-refractivity contribution in [3.8, 4) is 11.4 Å². The molecule has 26 heavy (non-hydrogen) atoms. The summed E-state index contributed by atoms with van der Waals surface area (Å²) in [6.07, 6.45) is 2.51. The van der Waals surface area contributed by atoms with Crippen LogP contribution in [0.3, 0.4) is 0 Å². The van der Waals surface area contributed by atoms with Gasteiger partial charge in [0.15, 0.2) is 6.10 Å². The first-order valence-corrected chi connectivity index (χ1v) is 7.72. The minimum atomic E-state index is -0.735. The predicted molar refractivity (Wildman–Crippen MR) is 89.1 cm³/mol. The Morgan fingerprint density at radius 3 is 2.38 bits per heavy atom. The molecule has 0 radical (unpaired) electrons. The van der Waals surface area contributed by atoms with Crippen LogP contribution in [-0.2, 0) is 9.47 Å². The number of esters is 2. The van der Waals surface area contributed by atoms with Crippen molar-refractivity contribution >= 4 is 11.9 Å². The number of ether oxygens (including phenoxy) is 2. The van der Waals surface area contributed by atoms with E-state index in [1.54, 1.807) is 31.5 Å². The second-order valence-electron chi connectivity index (χ2n) is 5.31. The number of benzene rings is 1. The molecule has 132 valence electrons. The van der Waals surface area contributed by atoms with Crippen LogP contribution in [0.25, 0.3) is 11.4 Å². The van der Waals surface area contributed by atoms with Crippen LogP contribution in [0, 0.1) is 0 Å². The molecule has 0 bridgehead atoms. The van der Waals surface area contributed by atoms with Crippen LogP contribution in [0.5, 0.6) is 0 Å². The van der Waals surface area contributed by atoms with Crippen molar-refractivity contribution in [2.45, 2.75) is 13.0 Å². The molecule has 0 amide bonds. The standard InChI is InChI=1S/C18H15N3O5/c1-11(16-20-15(21-26-16)14-4-3-9-19-10-14)25-18(23)13-7-5-12(6-8-13)17(22)24-2/h3-11H,1-2H3. The molecule has 0 saturated carbocycles. The van der Waals surface area contributed by atoms with Crippen molar-refractivity contribution in [2.24, 2.45) is 0 Å². The molecule has 0 N–H and O–H groups in total. The van der Waals surface area contributed by atoms with E-state index in [4.69, 9.17) is 9.26 Å². The van der Waals surface area contributed by atoms with Crippen molar-refractivity contribution in [3.63, 3.8) is 0 Å². The van der Waals surface area contributed by atoms with Gasteiger partial charge >= 0.3 is 11.9 Å². The fraction of sp³-hybridized carbons (Fsp3) is 0.167. The maximum atomic E-state index is 12.2. The molecule has 0 fully saturated rings. The molecule has 0 spiro atoms. The number of carbonyl (C=O) groups is 2. The summed E-state index contributed by atoms with van der Waals surface area (Å²) in [5.74, 6) is -0.524. The molecule has 0 saturated heterocycles. The number of hydrogen-bond acceptors (Lipinski definition) is 8. The van der Waals surface area contributed by atoms with Crippen molar-refractivity contribution in [1.29, 1.82) is 0 Å². The Hall–Kier alpha value is -3.55. The summed E-state index contributed by atoms with van der Waals surface area (Å²) in [7, 11) is 1.29. The van der Waals surface area contributed by atoms with E-state index in [1.165, 1.54) is 31.4 Å². The van der Waals surface area contributed by atoms with Gasteiger partial charge in [0.05, 0.1) is 18.2 Å². The van der Waals surface area contributed by atoms with Crippen LogP contribution in [0.2, 0.25) is 0 Å². The maximum Gasteiger partial charge on any atom is 0.338 e. The van der Waals surface area contributed by atoms with Crippen molar-refractivity contribution in [3.05, 3.63) is 65.8 Å². The first-order valence-electron chi connectivity index (χ1n) is 7.72.